The van der Waals surface area contributed by atoms with Gasteiger partial charge in [-0.15, -0.1) is 0 Å². The van der Waals surface area contributed by atoms with Crippen molar-refractivity contribution >= 4 is 21.4 Å². The van der Waals surface area contributed by atoms with E-state index in [0.29, 0.717) is 0 Å². The molecule has 5 nitrogen and oxygen atoms in total. The summed E-state index contributed by atoms with van der Waals surface area (Å²) >= 11 is 0. The van der Waals surface area contributed by atoms with Gasteiger partial charge in [-0.25, -0.2) is 0 Å². The van der Waals surface area contributed by atoms with E-state index in [-0.39, 0.29) is 12.0 Å². The molecule has 0 fully saturated rings. The van der Waals surface area contributed by atoms with Gasteiger partial charge in [0.1, 0.15) is 11.6 Å². The molecule has 0 aromatic heterocycles. The van der Waals surface area contributed by atoms with Crippen LogP contribution in [0.2, 0.25) is 0 Å². The van der Waals surface area contributed by atoms with E-state index < -0.39 is 23.6 Å². The molecule has 0 rings (SSSR count). The minimum atomic E-state index is -0.711. The van der Waals surface area contributed by atoms with Gasteiger partial charge >= 0.3 is 11.9 Å². The van der Waals surface area contributed by atoms with Crippen molar-refractivity contribution in [1.29, 1.82) is 0 Å². The zero-order valence-electron chi connectivity index (χ0n) is 12.0. The van der Waals surface area contributed by atoms with Crippen LogP contribution in [-0.2, 0) is 18.8 Å². The summed E-state index contributed by atoms with van der Waals surface area (Å²) in [7, 11) is 1.88. The van der Waals surface area contributed by atoms with Crippen LogP contribution < -0.4 is 5.32 Å². The fraction of sp³-hybridized carbons (Fsp3) is 0.833. The van der Waals surface area contributed by atoms with Crippen LogP contribution >= 0.6 is 9.47 Å². The zero-order chi connectivity index (χ0) is 14.6. The predicted octanol–water partition coefficient (Wildman–Crippen LogP) is 1.81. The number of hydrogen-bond donors (Lipinski definition) is 1. The summed E-state index contributed by atoms with van der Waals surface area (Å²) < 4.78 is 9.78. The molecule has 0 aliphatic carbocycles. The first-order valence-corrected chi connectivity index (χ1v) is 6.32. The lowest BCUT2D eigenvalue weighted by molar-refractivity contribution is -0.160. The summed E-state index contributed by atoms with van der Waals surface area (Å²) in [5.41, 5.74) is -0.886. The Labute approximate surface area is 111 Å². The third-order valence-corrected chi connectivity index (χ3v) is 2.06. The molecule has 0 spiro atoms. The molecule has 0 radical (unpaired) electrons. The maximum Gasteiger partial charge on any atom is 0.324 e. The summed E-state index contributed by atoms with van der Waals surface area (Å²) in [6.07, 6.45) is -0.0598. The van der Waals surface area contributed by atoms with Gasteiger partial charge in [-0.05, 0) is 41.5 Å². The summed E-state index contributed by atoms with van der Waals surface area (Å²) in [6.45, 7) is 11.1. The van der Waals surface area contributed by atoms with Crippen molar-refractivity contribution in [2.75, 3.05) is 0 Å². The van der Waals surface area contributed by atoms with E-state index in [9.17, 15) is 9.59 Å². The first kappa shape index (κ1) is 17.3. The zero-order valence-corrected chi connectivity index (χ0v) is 13.1. The molecule has 0 aromatic rings. The van der Waals surface area contributed by atoms with E-state index >= 15 is 0 Å². The Hall–Kier alpha value is -0.670. The minimum absolute atomic E-state index is 0.0598. The van der Waals surface area contributed by atoms with Crippen molar-refractivity contribution < 1.29 is 18.8 Å². The Morgan fingerprint density at radius 2 is 1.67 bits per heavy atom. The van der Waals surface area contributed by atoms with E-state index in [1.54, 1.807) is 20.8 Å². The summed E-state index contributed by atoms with van der Waals surface area (Å²) in [4.78, 5) is 23.3. The van der Waals surface area contributed by atoms with Crippen molar-refractivity contribution in [3.63, 3.8) is 0 Å². The highest BCUT2D eigenvalue weighted by Gasteiger charge is 2.30. The van der Waals surface area contributed by atoms with Crippen LogP contribution in [0, 0.1) is 0 Å². The molecule has 6 heteroatoms. The van der Waals surface area contributed by atoms with Crippen LogP contribution in [-0.4, -0.2) is 29.1 Å². The fourth-order valence-electron chi connectivity index (χ4n) is 1.30. The van der Waals surface area contributed by atoms with Crippen molar-refractivity contribution in [3.8, 4) is 0 Å². The monoisotopic (exact) mass is 277 g/mol. The van der Waals surface area contributed by atoms with Crippen LogP contribution in [0.25, 0.3) is 0 Å². The van der Waals surface area contributed by atoms with Crippen LogP contribution in [0.3, 0.4) is 0 Å². The third kappa shape index (κ3) is 8.43. The molecule has 0 amide bonds. The smallest absolute Gasteiger partial charge is 0.324 e. The molecule has 0 bridgehead atoms. The maximum absolute atomic E-state index is 12.0. The minimum Gasteiger partial charge on any atom is -0.459 e. The largest absolute Gasteiger partial charge is 0.459 e. The maximum atomic E-state index is 12.0. The fourth-order valence-corrected chi connectivity index (χ4v) is 1.40. The Bertz CT molecular complexity index is 304. The molecular weight excluding hydrogens is 253 g/mol. The Morgan fingerprint density at radius 1 is 1.17 bits per heavy atom. The van der Waals surface area contributed by atoms with E-state index in [2.05, 4.69) is 9.84 Å². The van der Waals surface area contributed by atoms with Gasteiger partial charge in [0.15, 0.2) is 0 Å². The topological polar surface area (TPSA) is 64.6 Å². The lowest BCUT2D eigenvalue weighted by atomic mass is 10.1. The summed E-state index contributed by atoms with van der Waals surface area (Å²) in [5, 5.41) is 3.06. The van der Waals surface area contributed by atoms with Gasteiger partial charge in [0.05, 0.1) is 15.9 Å². The van der Waals surface area contributed by atoms with E-state index in [1.165, 1.54) is 0 Å². The summed E-state index contributed by atoms with van der Waals surface area (Å²) in [5.74, 6) is -0.930. The Kier molecular flexibility index (Phi) is 6.24. The molecule has 0 saturated heterocycles. The second-order valence-corrected chi connectivity index (χ2v) is 6.41. The SMILES string of the molecule is CC(C)(C)NC(CC(=O)OP)C(=O)OC(C)(C)C. The third-order valence-electron chi connectivity index (χ3n) is 1.80. The number of rotatable bonds is 4. The standard InChI is InChI=1S/C12H24NO4P/c1-11(2,3)13-8(7-9(14)17-18)10(15)16-12(4,5)6/h8,13H,7,18H2,1-6H3. The molecule has 2 unspecified atom stereocenters. The Morgan fingerprint density at radius 3 is 2.00 bits per heavy atom. The lowest BCUT2D eigenvalue weighted by Crippen LogP contribution is -2.50. The van der Waals surface area contributed by atoms with Gasteiger partial charge in [-0.1, -0.05) is 0 Å². The van der Waals surface area contributed by atoms with Crippen LogP contribution in [0.15, 0.2) is 0 Å². The Balaban J connectivity index is 4.75. The number of ether oxygens (including phenoxy) is 1. The van der Waals surface area contributed by atoms with Crippen LogP contribution in [0.1, 0.15) is 48.0 Å². The first-order valence-electron chi connectivity index (χ1n) is 5.85. The molecule has 0 aliphatic rings. The normalized spacial score (nSPS) is 13.9. The van der Waals surface area contributed by atoms with Crippen molar-refractivity contribution in [2.24, 2.45) is 0 Å². The van der Waals surface area contributed by atoms with Gasteiger partial charge < -0.3 is 9.26 Å². The second-order valence-electron chi connectivity index (χ2n) is 6.17. The number of carbonyl (C=O) groups is 2. The van der Waals surface area contributed by atoms with Crippen LogP contribution in [0.4, 0.5) is 0 Å². The molecule has 1 N–H and O–H groups in total. The first-order chi connectivity index (χ1) is 7.94. The molecule has 106 valence electrons. The van der Waals surface area contributed by atoms with Gasteiger partial charge in [0, 0.05) is 5.54 Å². The quantitative estimate of drug-likeness (QED) is 0.627. The molecule has 0 saturated carbocycles. The predicted molar refractivity (Wildman–Crippen MR) is 72.9 cm³/mol. The highest BCUT2D eigenvalue weighted by molar-refractivity contribution is 7.10. The van der Waals surface area contributed by atoms with E-state index in [1.807, 2.05) is 30.2 Å². The molecule has 0 aliphatic heterocycles. The van der Waals surface area contributed by atoms with E-state index in [4.69, 9.17) is 4.74 Å². The van der Waals surface area contributed by atoms with Crippen molar-refractivity contribution in [1.82, 2.24) is 5.32 Å². The average molecular weight is 277 g/mol. The average Bonchev–Trinajstić information content (AvgIpc) is 2.11. The number of esters is 1. The molecule has 0 aromatic carbocycles. The van der Waals surface area contributed by atoms with Crippen molar-refractivity contribution in [2.45, 2.75) is 65.1 Å². The van der Waals surface area contributed by atoms with Crippen molar-refractivity contribution in [3.05, 3.63) is 0 Å². The molecule has 2 atom stereocenters. The highest BCUT2D eigenvalue weighted by atomic mass is 31.0. The number of nitrogens with one attached hydrogen (secondary N) is 1. The highest BCUT2D eigenvalue weighted by Crippen LogP contribution is 2.13. The molecular formula is C12H24NO4P. The van der Waals surface area contributed by atoms with E-state index in [0.717, 1.165) is 0 Å². The van der Waals surface area contributed by atoms with Gasteiger partial charge in [-0.3, -0.25) is 14.9 Å². The molecule has 0 heterocycles. The lowest BCUT2D eigenvalue weighted by Gasteiger charge is -2.29. The summed E-state index contributed by atoms with van der Waals surface area (Å²) in [6, 6.07) is -0.711. The number of carbonyl (C=O) groups excluding carboxylic acids is 2. The number of hydrogen-bond acceptors (Lipinski definition) is 5. The van der Waals surface area contributed by atoms with Crippen LogP contribution in [0.5, 0.6) is 0 Å². The van der Waals surface area contributed by atoms with Gasteiger partial charge in [-0.2, -0.15) is 0 Å². The second kappa shape index (κ2) is 6.48. The van der Waals surface area contributed by atoms with Gasteiger partial charge in [0.2, 0.25) is 0 Å². The van der Waals surface area contributed by atoms with Gasteiger partial charge in [0.25, 0.3) is 0 Å². The molecule has 18 heavy (non-hydrogen) atoms.